The summed E-state index contributed by atoms with van der Waals surface area (Å²) in [6.07, 6.45) is 2.27. The number of amides is 1. The summed E-state index contributed by atoms with van der Waals surface area (Å²) in [6.45, 7) is 1.51. The van der Waals surface area contributed by atoms with Crippen molar-refractivity contribution in [2.45, 2.75) is 12.8 Å². The van der Waals surface area contributed by atoms with Gasteiger partial charge in [-0.15, -0.1) is 0 Å². The number of carbonyl (C=O) groups excluding carboxylic acids is 1. The van der Waals surface area contributed by atoms with Crippen LogP contribution in [0.1, 0.15) is 12.8 Å². The molecule has 12 heavy (non-hydrogen) atoms. The monoisotopic (exact) mass is 172 g/mol. The summed E-state index contributed by atoms with van der Waals surface area (Å²) in [5, 5.41) is 2.79. The van der Waals surface area contributed by atoms with Crippen molar-refractivity contribution < 1.29 is 9.53 Å². The molecule has 0 aromatic carbocycles. The fourth-order valence-electron chi connectivity index (χ4n) is 1.10. The van der Waals surface area contributed by atoms with Crippen molar-refractivity contribution in [3.63, 3.8) is 0 Å². The van der Waals surface area contributed by atoms with Crippen molar-refractivity contribution >= 4 is 5.91 Å². The maximum atomic E-state index is 11.0. The highest BCUT2D eigenvalue weighted by molar-refractivity contribution is 5.77. The van der Waals surface area contributed by atoms with Crippen LogP contribution in [0.25, 0.3) is 0 Å². The van der Waals surface area contributed by atoms with Gasteiger partial charge < -0.3 is 15.8 Å². The van der Waals surface area contributed by atoms with Crippen LogP contribution in [-0.2, 0) is 9.53 Å². The van der Waals surface area contributed by atoms with E-state index in [1.807, 2.05) is 0 Å². The maximum Gasteiger partial charge on any atom is 0.246 e. The van der Waals surface area contributed by atoms with E-state index >= 15 is 0 Å². The molecule has 1 aliphatic rings. The van der Waals surface area contributed by atoms with Gasteiger partial charge in [-0.2, -0.15) is 0 Å². The van der Waals surface area contributed by atoms with Crippen molar-refractivity contribution in [1.29, 1.82) is 0 Å². The predicted molar refractivity (Wildman–Crippen MR) is 45.6 cm³/mol. The number of methoxy groups -OCH3 is 1. The molecule has 0 atom stereocenters. The largest absolute Gasteiger partial charge is 0.375 e. The molecule has 0 radical (unpaired) electrons. The zero-order valence-electron chi connectivity index (χ0n) is 7.43. The van der Waals surface area contributed by atoms with E-state index in [2.05, 4.69) is 10.1 Å². The van der Waals surface area contributed by atoms with Crippen LogP contribution in [0.5, 0.6) is 0 Å². The minimum absolute atomic E-state index is 0.0581. The second-order valence-corrected chi connectivity index (χ2v) is 3.41. The first-order chi connectivity index (χ1) is 5.72. The number of hydrogen-bond acceptors (Lipinski definition) is 3. The average molecular weight is 172 g/mol. The second-order valence-electron chi connectivity index (χ2n) is 3.41. The van der Waals surface area contributed by atoms with Crippen molar-refractivity contribution in [3.05, 3.63) is 0 Å². The third-order valence-electron chi connectivity index (χ3n) is 2.33. The van der Waals surface area contributed by atoms with E-state index in [-0.39, 0.29) is 17.9 Å². The van der Waals surface area contributed by atoms with Gasteiger partial charge in [0.15, 0.2) is 0 Å². The van der Waals surface area contributed by atoms with Gasteiger partial charge in [-0.25, -0.2) is 0 Å². The van der Waals surface area contributed by atoms with Crippen LogP contribution in [-0.4, -0.2) is 32.7 Å². The Morgan fingerprint density at radius 2 is 2.33 bits per heavy atom. The van der Waals surface area contributed by atoms with E-state index in [0.29, 0.717) is 13.1 Å². The van der Waals surface area contributed by atoms with Gasteiger partial charge in [-0.3, -0.25) is 4.79 Å². The molecule has 1 fully saturated rings. The molecule has 4 nitrogen and oxygen atoms in total. The normalized spacial score (nSPS) is 18.8. The minimum Gasteiger partial charge on any atom is -0.375 e. The van der Waals surface area contributed by atoms with Gasteiger partial charge in [0.05, 0.1) is 0 Å². The van der Waals surface area contributed by atoms with Gasteiger partial charge in [0, 0.05) is 13.7 Å². The highest BCUT2D eigenvalue weighted by Gasteiger charge is 2.41. The number of nitrogens with one attached hydrogen (secondary N) is 1. The molecule has 70 valence electrons. The van der Waals surface area contributed by atoms with E-state index in [1.165, 1.54) is 7.11 Å². The molecular formula is C8H16N2O2. The van der Waals surface area contributed by atoms with Crippen molar-refractivity contribution in [2.24, 2.45) is 11.1 Å². The SMILES string of the molecule is COCC(=O)NCC1(CN)CC1. The van der Waals surface area contributed by atoms with E-state index in [9.17, 15) is 4.79 Å². The lowest BCUT2D eigenvalue weighted by Gasteiger charge is -2.12. The summed E-state index contributed by atoms with van der Waals surface area (Å²) in [4.78, 5) is 11.0. The molecule has 0 bridgehead atoms. The fraction of sp³-hybridized carbons (Fsp3) is 0.875. The second kappa shape index (κ2) is 3.87. The number of rotatable bonds is 5. The van der Waals surface area contributed by atoms with E-state index in [4.69, 9.17) is 5.73 Å². The summed E-state index contributed by atoms with van der Waals surface area (Å²) < 4.78 is 4.68. The van der Waals surface area contributed by atoms with Crippen LogP contribution in [0, 0.1) is 5.41 Å². The number of hydrogen-bond donors (Lipinski definition) is 2. The zero-order chi connectivity index (χ0) is 9.03. The Morgan fingerprint density at radius 1 is 1.67 bits per heavy atom. The summed E-state index contributed by atoms with van der Waals surface area (Å²) in [7, 11) is 1.51. The van der Waals surface area contributed by atoms with E-state index < -0.39 is 0 Å². The third-order valence-corrected chi connectivity index (χ3v) is 2.33. The molecule has 0 aromatic heterocycles. The van der Waals surface area contributed by atoms with Gasteiger partial charge >= 0.3 is 0 Å². The highest BCUT2D eigenvalue weighted by atomic mass is 16.5. The van der Waals surface area contributed by atoms with E-state index in [1.54, 1.807) is 0 Å². The van der Waals surface area contributed by atoms with E-state index in [0.717, 1.165) is 12.8 Å². The topological polar surface area (TPSA) is 64.3 Å². The molecule has 3 N–H and O–H groups in total. The molecule has 0 saturated heterocycles. The van der Waals surface area contributed by atoms with Crippen LogP contribution in [0.4, 0.5) is 0 Å². The van der Waals surface area contributed by atoms with Crippen molar-refractivity contribution in [1.82, 2.24) is 5.32 Å². The van der Waals surface area contributed by atoms with Crippen LogP contribution >= 0.6 is 0 Å². The van der Waals surface area contributed by atoms with Crippen LogP contribution < -0.4 is 11.1 Å². The molecule has 0 aromatic rings. The molecule has 1 saturated carbocycles. The predicted octanol–water partition coefficient (Wildman–Crippen LogP) is -0.512. The van der Waals surface area contributed by atoms with Crippen molar-refractivity contribution in [2.75, 3.05) is 26.8 Å². The number of carbonyl (C=O) groups is 1. The smallest absolute Gasteiger partial charge is 0.246 e. The minimum atomic E-state index is -0.0581. The number of ether oxygens (including phenoxy) is 1. The molecule has 1 rings (SSSR count). The first kappa shape index (κ1) is 9.48. The van der Waals surface area contributed by atoms with Gasteiger partial charge in [-0.05, 0) is 24.8 Å². The van der Waals surface area contributed by atoms with Crippen LogP contribution in [0.2, 0.25) is 0 Å². The molecule has 0 unspecified atom stereocenters. The maximum absolute atomic E-state index is 11.0. The Kier molecular flexibility index (Phi) is 3.05. The average Bonchev–Trinajstić information content (AvgIpc) is 2.82. The Bertz CT molecular complexity index is 166. The Balaban J connectivity index is 2.12. The molecule has 1 amide bonds. The lowest BCUT2D eigenvalue weighted by Crippen LogP contribution is -2.35. The van der Waals surface area contributed by atoms with Gasteiger partial charge in [0.2, 0.25) is 5.91 Å². The molecule has 1 aliphatic carbocycles. The lowest BCUT2D eigenvalue weighted by atomic mass is 10.1. The summed E-state index contributed by atoms with van der Waals surface area (Å²) in [5.41, 5.74) is 5.76. The third kappa shape index (κ3) is 2.46. The quantitative estimate of drug-likeness (QED) is 0.587. The Labute approximate surface area is 72.5 Å². The lowest BCUT2D eigenvalue weighted by molar-refractivity contribution is -0.124. The van der Waals surface area contributed by atoms with Gasteiger partial charge in [-0.1, -0.05) is 0 Å². The standard InChI is InChI=1S/C8H16N2O2/c1-12-4-7(11)10-6-8(5-9)2-3-8/h2-6,9H2,1H3,(H,10,11). The van der Waals surface area contributed by atoms with Crippen molar-refractivity contribution in [3.8, 4) is 0 Å². The molecular weight excluding hydrogens is 156 g/mol. The van der Waals surface area contributed by atoms with Gasteiger partial charge in [0.1, 0.15) is 6.61 Å². The molecule has 4 heteroatoms. The van der Waals surface area contributed by atoms with Crippen LogP contribution in [0.15, 0.2) is 0 Å². The molecule has 0 heterocycles. The fourth-order valence-corrected chi connectivity index (χ4v) is 1.10. The Hall–Kier alpha value is -0.610. The summed E-state index contributed by atoms with van der Waals surface area (Å²) in [5.74, 6) is -0.0581. The molecule has 0 aliphatic heterocycles. The zero-order valence-corrected chi connectivity index (χ0v) is 7.43. The Morgan fingerprint density at radius 3 is 2.75 bits per heavy atom. The number of nitrogens with two attached hydrogens (primary N) is 1. The summed E-state index contributed by atoms with van der Waals surface area (Å²) in [6, 6.07) is 0. The van der Waals surface area contributed by atoms with Gasteiger partial charge in [0.25, 0.3) is 0 Å². The first-order valence-corrected chi connectivity index (χ1v) is 4.18. The first-order valence-electron chi connectivity index (χ1n) is 4.18. The highest BCUT2D eigenvalue weighted by Crippen LogP contribution is 2.43. The van der Waals surface area contributed by atoms with Crippen LogP contribution in [0.3, 0.4) is 0 Å². The summed E-state index contributed by atoms with van der Waals surface area (Å²) >= 11 is 0. The molecule has 0 spiro atoms.